The van der Waals surface area contributed by atoms with Crippen molar-refractivity contribution in [2.75, 3.05) is 75.7 Å². The van der Waals surface area contributed by atoms with E-state index >= 15 is 0 Å². The molecule has 0 spiro atoms. The van der Waals surface area contributed by atoms with Gasteiger partial charge in [0, 0.05) is 118 Å². The molecule has 0 amide bonds. The van der Waals surface area contributed by atoms with E-state index in [1.54, 1.807) is 101 Å². The Labute approximate surface area is 826 Å². The average molecular weight is 1950 g/mol. The Kier molecular flexibility index (Phi) is 28.4. The topological polar surface area (TPSA) is 372 Å². The predicted molar refractivity (Wildman–Crippen MR) is 582 cm³/mol. The van der Waals surface area contributed by atoms with Gasteiger partial charge >= 0.3 is 0 Å². The fourth-order valence-corrected chi connectivity index (χ4v) is 20.8. The van der Waals surface area contributed by atoms with Crippen LogP contribution in [-0.4, -0.2) is 92.8 Å². The molecule has 8 heterocycles. The number of aryl methyl sites for hydroxylation is 1. The van der Waals surface area contributed by atoms with E-state index in [-0.39, 0.29) is 10.9 Å². The second-order valence-electron chi connectivity index (χ2n) is 32.4. The number of nitrogens with zero attached hydrogens (tertiary/aromatic N) is 13. The molecule has 0 atom stereocenters. The van der Waals surface area contributed by atoms with E-state index in [1.165, 1.54) is 43.0 Å². The van der Waals surface area contributed by atoms with Crippen molar-refractivity contribution in [3.63, 3.8) is 0 Å². The standard InChI is InChI=1S/C16H17N3S.C16H9NO2.C15H15N3S.C14H12N2O.2C13H11N3S.C12H9N3S.C12H7NO3/c1-4-17-11-5-7-13-15(9-11)20-16-10-12(19(2)3)6-8-14(16)18-13;18-13-9-15-16(11-6-2-1-5-10(11)13)17-12-7-3-4-8-14(12)19-15;1-3-17-11-5-7-13-15(9-11)19-14-8-10(16-2)4-6-12(14)18-13;1-2-16-13-6-4-3-5-11(13)15-12-8-7-10(17)9-14(12)16;2*1-15-9-3-5-11-13(7-9)17-12-6-8(14)2-4-10(12)16-11;13-7-1-3-9-11(5-7)16-12-6-8(14)2-4-10(12)15-9;14-9-5-8-12(6-10(9)15)16-11-4-2-1-3-7(11)13-8/h5-10H,4H2,1-3H3;1-9H;4-9,17H,3H2,1-2H3;3-9H,2H2,1H3;2*2-7H,14H2,1H3;1-6,13H,14H2;1-6,13H. The average Bonchev–Trinajstić information content (AvgIpc) is 0.756. The summed E-state index contributed by atoms with van der Waals surface area (Å²) in [7, 11) is 9.50. The number of nitrogen functional groups attached to an aromatic ring is 3. The molecule has 0 unspecified atom stereocenters. The van der Waals surface area contributed by atoms with E-state index in [1.807, 2.05) is 207 Å². The lowest BCUT2D eigenvalue weighted by atomic mass is 10.1. The Hall–Kier alpha value is -16.9. The minimum absolute atomic E-state index is 0.0248. The molecule has 9 N–H and O–H groups in total. The number of para-hydroxylation sites is 6. The van der Waals surface area contributed by atoms with Crippen molar-refractivity contribution in [1.29, 1.82) is 5.41 Å². The molecule has 16 aliphatic rings. The first-order chi connectivity index (χ1) is 68.6. The molecule has 0 aromatic heterocycles. The van der Waals surface area contributed by atoms with E-state index in [0.29, 0.717) is 39.1 Å². The van der Waals surface area contributed by atoms with E-state index in [0.717, 1.165) is 193 Å². The van der Waals surface area contributed by atoms with E-state index in [2.05, 4.69) is 166 Å². The van der Waals surface area contributed by atoms with Gasteiger partial charge in [0.15, 0.2) is 33.5 Å². The number of fused-ring (bicyclic) bond motifs is 18. The molecule has 25 rings (SSSR count). The highest BCUT2D eigenvalue weighted by molar-refractivity contribution is 7.23. The van der Waals surface area contributed by atoms with Crippen molar-refractivity contribution in [2.24, 2.45) is 20.0 Å². The minimum atomic E-state index is -0.556. The zero-order valence-electron chi connectivity index (χ0n) is 77.7. The summed E-state index contributed by atoms with van der Waals surface area (Å²) in [5, 5.41) is 16.9. The van der Waals surface area contributed by atoms with Gasteiger partial charge in [-0.3, -0.25) is 39.1 Å². The molecule has 0 saturated carbocycles. The quantitative estimate of drug-likeness (QED) is 0.0403. The zero-order valence-corrected chi connectivity index (χ0v) is 81.8. The third-order valence-corrected chi connectivity index (χ3v) is 28.0. The first-order valence-corrected chi connectivity index (χ1v) is 49.1. The maximum absolute atomic E-state index is 12.0. The number of benzene rings is 17. The SMILES string of the molecule is CCN=c1ccc2nc3ccc(N(C)C)cc3sc-2c1.CCNc1ccc2nc3ccc(=NC)cc-3sc2c1.CCn1c2cc(=O)ccc-2nc2ccccc21.CN=c1ccc2nc3ccc(N)cc3sc-2c1.CN=c1ccc2nc3ccc(N)cc3sc-2c1.N=c1ccc2nc3ccc(N)cc3sc-2c1.O=c1cc2[nH]c3ccccc3oc-2cc1=O.O=c1cc2oc3ccccc3nc-2c2ccccc12. The third kappa shape index (κ3) is 21.8. The van der Waals surface area contributed by atoms with Crippen LogP contribution in [-0.2, 0) is 6.54 Å². The number of H-pyrrole nitrogens is 1. The van der Waals surface area contributed by atoms with Gasteiger partial charge in [-0.05, 0) is 251 Å². The fraction of sp³-hybridized carbons (Fsp3) is 0.0991. The molecule has 0 radical (unpaired) electrons. The van der Waals surface area contributed by atoms with Crippen LogP contribution >= 0.6 is 56.7 Å². The Balaban J connectivity index is 0.000000107. The van der Waals surface area contributed by atoms with Crippen LogP contribution in [0.15, 0.2) is 363 Å². The maximum Gasteiger partial charge on any atom is 0.229 e. The second kappa shape index (κ2) is 42.4. The lowest BCUT2D eigenvalue weighted by Crippen LogP contribution is -2.22. The molecular formula is C111H91N19O6S5. The molecular weight excluding hydrogens is 1860 g/mol. The summed E-state index contributed by atoms with van der Waals surface area (Å²) in [6, 6.07) is 99.2. The molecule has 141 heavy (non-hydrogen) atoms. The summed E-state index contributed by atoms with van der Waals surface area (Å²) in [4.78, 5) is 106. The number of hydrogen-bond donors (Lipinski definition) is 6. The Morgan fingerprint density at radius 2 is 0.830 bits per heavy atom. The largest absolute Gasteiger partial charge is 0.453 e. The van der Waals surface area contributed by atoms with Gasteiger partial charge in [0.2, 0.25) is 10.9 Å². The molecule has 9 aromatic rings. The monoisotopic (exact) mass is 1950 g/mol. The number of aromatic nitrogens is 9. The van der Waals surface area contributed by atoms with Gasteiger partial charge in [-0.2, -0.15) is 0 Å². The first-order valence-electron chi connectivity index (χ1n) is 45.0. The van der Waals surface area contributed by atoms with Gasteiger partial charge in [0.05, 0.1) is 164 Å². The molecule has 0 bridgehead atoms. The van der Waals surface area contributed by atoms with Crippen LogP contribution < -0.4 is 75.9 Å². The van der Waals surface area contributed by atoms with Crippen molar-refractivity contribution in [3.8, 4) is 87.2 Å². The molecule has 0 fully saturated rings. The first kappa shape index (κ1) is 94.5. The second-order valence-corrected chi connectivity index (χ2v) is 37.8. The number of rotatable bonds is 5. The van der Waals surface area contributed by atoms with E-state index in [4.69, 9.17) is 41.4 Å². The number of aromatic amines is 1. The lowest BCUT2D eigenvalue weighted by Gasteiger charge is -2.16. The number of nitrogens with one attached hydrogen (secondary N) is 3. The van der Waals surface area contributed by atoms with Gasteiger partial charge < -0.3 is 51.2 Å². The van der Waals surface area contributed by atoms with Gasteiger partial charge in [-0.25, -0.2) is 34.9 Å². The van der Waals surface area contributed by atoms with Crippen molar-refractivity contribution in [3.05, 3.63) is 383 Å². The summed E-state index contributed by atoms with van der Waals surface area (Å²) < 4.78 is 19.1. The van der Waals surface area contributed by atoms with Gasteiger partial charge in [-0.15, -0.1) is 56.7 Å². The Morgan fingerprint density at radius 3 is 1.38 bits per heavy atom. The summed E-state index contributed by atoms with van der Waals surface area (Å²) >= 11 is 8.53. The van der Waals surface area contributed by atoms with Crippen LogP contribution in [0.4, 0.5) is 28.4 Å². The molecule has 0 saturated heterocycles. The predicted octanol–water partition coefficient (Wildman–Crippen LogP) is 21.8. The lowest BCUT2D eigenvalue weighted by molar-refractivity contribution is 0.612. The molecule has 30 heteroatoms. The Morgan fingerprint density at radius 1 is 0.390 bits per heavy atom. The number of anilines is 5. The minimum Gasteiger partial charge on any atom is -0.453 e. The van der Waals surface area contributed by atoms with Crippen molar-refractivity contribution < 1.29 is 8.83 Å². The number of nitrogens with two attached hydrogens (primary N) is 3. The summed E-state index contributed by atoms with van der Waals surface area (Å²) in [6.07, 6.45) is 0. The van der Waals surface area contributed by atoms with Gasteiger partial charge in [-0.1, -0.05) is 60.7 Å². The van der Waals surface area contributed by atoms with Crippen LogP contribution in [0, 0.1) is 5.41 Å². The zero-order chi connectivity index (χ0) is 97.9. The highest BCUT2D eigenvalue weighted by Gasteiger charge is 2.19. The van der Waals surface area contributed by atoms with Gasteiger partial charge in [0.1, 0.15) is 11.2 Å². The van der Waals surface area contributed by atoms with Crippen molar-refractivity contribution in [2.45, 2.75) is 27.3 Å². The normalized spacial score (nSPS) is 11.7. The highest BCUT2D eigenvalue weighted by Crippen LogP contribution is 2.38. The van der Waals surface area contributed by atoms with Crippen LogP contribution in [0.2, 0.25) is 0 Å². The van der Waals surface area contributed by atoms with Crippen molar-refractivity contribution in [1.82, 2.24) is 44.4 Å². The van der Waals surface area contributed by atoms with Crippen LogP contribution in [0.5, 0.6) is 0 Å². The molecule has 8 aliphatic heterocycles. The highest BCUT2D eigenvalue weighted by atomic mass is 32.1. The van der Waals surface area contributed by atoms with Gasteiger partial charge in [0.25, 0.3) is 0 Å². The smallest absolute Gasteiger partial charge is 0.229 e. The molecule has 696 valence electrons. The molecule has 8 aliphatic carbocycles. The fourth-order valence-electron chi connectivity index (χ4n) is 15.6. The van der Waals surface area contributed by atoms with Crippen molar-refractivity contribution >= 4 is 180 Å². The third-order valence-electron chi connectivity index (χ3n) is 22.6. The number of hydrogen-bond acceptors (Lipinski definition) is 28. The van der Waals surface area contributed by atoms with E-state index in [9.17, 15) is 19.2 Å². The summed E-state index contributed by atoms with van der Waals surface area (Å²) in [6.45, 7) is 8.78. The van der Waals surface area contributed by atoms with Crippen LogP contribution in [0.3, 0.4) is 0 Å². The van der Waals surface area contributed by atoms with Crippen LogP contribution in [0.25, 0.3) is 182 Å². The van der Waals surface area contributed by atoms with E-state index < -0.39 is 10.9 Å². The summed E-state index contributed by atoms with van der Waals surface area (Å²) in [5.74, 6) is 0.922. The Bertz CT molecular complexity index is 9140. The molecule has 9 aromatic carbocycles. The maximum atomic E-state index is 12.0. The molecule has 25 nitrogen and oxygen atoms in total. The summed E-state index contributed by atoms with van der Waals surface area (Å²) in [5.41, 5.74) is 38.8. The van der Waals surface area contributed by atoms with Crippen LogP contribution in [0.1, 0.15) is 20.8 Å².